The molecule has 96 valence electrons. The molecule has 0 atom stereocenters. The molecule has 1 nitrogen and oxygen atoms in total. The molecule has 0 aromatic heterocycles. The Kier molecular flexibility index (Phi) is 3.45. The summed E-state index contributed by atoms with van der Waals surface area (Å²) < 4.78 is 0. The Morgan fingerprint density at radius 3 is 2.21 bits per heavy atom. The van der Waals surface area contributed by atoms with Crippen molar-refractivity contribution in [1.82, 2.24) is 0 Å². The number of rotatable bonds is 3. The Hall–Kier alpha value is -1.89. The summed E-state index contributed by atoms with van der Waals surface area (Å²) in [4.78, 5) is 12.6. The van der Waals surface area contributed by atoms with Gasteiger partial charge in [-0.15, -0.1) is 0 Å². The fourth-order valence-corrected chi connectivity index (χ4v) is 3.04. The number of benzene rings is 2. The molecule has 0 bridgehead atoms. The summed E-state index contributed by atoms with van der Waals surface area (Å²) in [5, 5.41) is 0. The molecule has 0 radical (unpaired) electrons. The van der Waals surface area contributed by atoms with E-state index in [1.165, 1.54) is 31.2 Å². The number of hydrogen-bond acceptors (Lipinski definition) is 1. The van der Waals surface area contributed by atoms with Crippen molar-refractivity contribution >= 4 is 5.78 Å². The predicted octanol–water partition coefficient (Wildman–Crippen LogP) is 4.58. The predicted molar refractivity (Wildman–Crippen MR) is 77.5 cm³/mol. The zero-order valence-corrected chi connectivity index (χ0v) is 11.0. The molecule has 0 saturated heterocycles. The van der Waals surface area contributed by atoms with Gasteiger partial charge in [0.2, 0.25) is 0 Å². The van der Waals surface area contributed by atoms with Crippen LogP contribution in [0.3, 0.4) is 0 Å². The van der Waals surface area contributed by atoms with Gasteiger partial charge in [0, 0.05) is 11.1 Å². The third-order valence-electron chi connectivity index (χ3n) is 4.04. The topological polar surface area (TPSA) is 17.1 Å². The molecule has 2 aromatic carbocycles. The molecule has 0 amide bonds. The van der Waals surface area contributed by atoms with Gasteiger partial charge in [-0.3, -0.25) is 4.79 Å². The van der Waals surface area contributed by atoms with Crippen molar-refractivity contribution in [1.29, 1.82) is 0 Å². The Morgan fingerprint density at radius 1 is 0.842 bits per heavy atom. The standard InChI is InChI=1S/C18H18O/c19-18(15-10-2-1-3-11-15)17-13-7-6-12-16(17)14-8-4-5-9-14/h1-3,6-7,10-14H,4-5,8-9H2. The van der Waals surface area contributed by atoms with Crippen LogP contribution in [0.4, 0.5) is 0 Å². The van der Waals surface area contributed by atoms with E-state index < -0.39 is 0 Å². The molecular formula is C18H18O. The van der Waals surface area contributed by atoms with Crippen LogP contribution in [0.5, 0.6) is 0 Å². The number of hydrogen-bond donors (Lipinski definition) is 0. The highest BCUT2D eigenvalue weighted by Crippen LogP contribution is 2.36. The summed E-state index contributed by atoms with van der Waals surface area (Å²) in [7, 11) is 0. The zero-order valence-electron chi connectivity index (χ0n) is 11.0. The van der Waals surface area contributed by atoms with Gasteiger partial charge in [-0.2, -0.15) is 0 Å². The summed E-state index contributed by atoms with van der Waals surface area (Å²) in [6, 6.07) is 17.7. The molecule has 0 N–H and O–H groups in total. The largest absolute Gasteiger partial charge is 0.289 e. The maximum absolute atomic E-state index is 12.6. The van der Waals surface area contributed by atoms with Gasteiger partial charge in [0.25, 0.3) is 0 Å². The molecule has 3 rings (SSSR count). The van der Waals surface area contributed by atoms with Crippen molar-refractivity contribution in [2.75, 3.05) is 0 Å². The van der Waals surface area contributed by atoms with Crippen LogP contribution in [0, 0.1) is 0 Å². The third kappa shape index (κ3) is 2.46. The normalized spacial score (nSPS) is 15.6. The molecule has 1 aliphatic carbocycles. The maximum atomic E-state index is 12.6. The second kappa shape index (κ2) is 5.40. The number of carbonyl (C=O) groups is 1. The zero-order chi connectivity index (χ0) is 13.1. The summed E-state index contributed by atoms with van der Waals surface area (Å²) in [6.07, 6.45) is 5.02. The van der Waals surface area contributed by atoms with Gasteiger partial charge in [-0.1, -0.05) is 67.4 Å². The molecule has 0 spiro atoms. The Labute approximate surface area is 114 Å². The van der Waals surface area contributed by atoms with E-state index >= 15 is 0 Å². The SMILES string of the molecule is O=C(c1ccccc1)c1ccccc1C1CCCC1. The van der Waals surface area contributed by atoms with E-state index in [2.05, 4.69) is 12.1 Å². The summed E-state index contributed by atoms with van der Waals surface area (Å²) >= 11 is 0. The lowest BCUT2D eigenvalue weighted by Gasteiger charge is -2.14. The van der Waals surface area contributed by atoms with Crippen molar-refractivity contribution in [3.8, 4) is 0 Å². The van der Waals surface area contributed by atoms with E-state index in [1.807, 2.05) is 42.5 Å². The van der Waals surface area contributed by atoms with E-state index in [1.54, 1.807) is 0 Å². The average Bonchev–Trinajstić information content (AvgIpc) is 3.01. The van der Waals surface area contributed by atoms with Gasteiger partial charge >= 0.3 is 0 Å². The highest BCUT2D eigenvalue weighted by atomic mass is 16.1. The van der Waals surface area contributed by atoms with Gasteiger partial charge in [-0.05, 0) is 24.3 Å². The lowest BCUT2D eigenvalue weighted by molar-refractivity contribution is 0.103. The van der Waals surface area contributed by atoms with E-state index in [0.717, 1.165) is 11.1 Å². The van der Waals surface area contributed by atoms with Gasteiger partial charge in [0.1, 0.15) is 0 Å². The minimum atomic E-state index is 0.156. The van der Waals surface area contributed by atoms with Crippen LogP contribution in [0.1, 0.15) is 53.1 Å². The lowest BCUT2D eigenvalue weighted by atomic mass is 9.89. The molecule has 19 heavy (non-hydrogen) atoms. The van der Waals surface area contributed by atoms with E-state index in [4.69, 9.17) is 0 Å². The van der Waals surface area contributed by atoms with Crippen LogP contribution < -0.4 is 0 Å². The Balaban J connectivity index is 1.98. The minimum absolute atomic E-state index is 0.156. The van der Waals surface area contributed by atoms with Crippen LogP contribution in [0.2, 0.25) is 0 Å². The molecule has 1 aliphatic rings. The summed E-state index contributed by atoms with van der Waals surface area (Å²) in [5.41, 5.74) is 2.92. The number of carbonyl (C=O) groups excluding carboxylic acids is 1. The Bertz CT molecular complexity index is 565. The van der Waals surface area contributed by atoms with Crippen molar-refractivity contribution in [2.45, 2.75) is 31.6 Å². The summed E-state index contributed by atoms with van der Waals surface area (Å²) in [6.45, 7) is 0. The van der Waals surface area contributed by atoms with Crippen molar-refractivity contribution in [2.24, 2.45) is 0 Å². The van der Waals surface area contributed by atoms with E-state index in [9.17, 15) is 4.79 Å². The van der Waals surface area contributed by atoms with E-state index in [0.29, 0.717) is 5.92 Å². The highest BCUT2D eigenvalue weighted by Gasteiger charge is 2.22. The fraction of sp³-hybridized carbons (Fsp3) is 0.278. The van der Waals surface area contributed by atoms with Crippen molar-refractivity contribution in [3.63, 3.8) is 0 Å². The quantitative estimate of drug-likeness (QED) is 0.729. The van der Waals surface area contributed by atoms with Gasteiger partial charge < -0.3 is 0 Å². The Morgan fingerprint density at radius 2 is 1.47 bits per heavy atom. The maximum Gasteiger partial charge on any atom is 0.193 e. The van der Waals surface area contributed by atoms with Crippen LogP contribution >= 0.6 is 0 Å². The highest BCUT2D eigenvalue weighted by molar-refractivity contribution is 6.10. The van der Waals surface area contributed by atoms with Crippen LogP contribution in [0.25, 0.3) is 0 Å². The second-order valence-corrected chi connectivity index (χ2v) is 5.26. The molecule has 0 heterocycles. The molecular weight excluding hydrogens is 232 g/mol. The third-order valence-corrected chi connectivity index (χ3v) is 4.04. The first-order valence-electron chi connectivity index (χ1n) is 7.05. The lowest BCUT2D eigenvalue weighted by Crippen LogP contribution is -2.07. The van der Waals surface area contributed by atoms with Crippen LogP contribution in [-0.4, -0.2) is 5.78 Å². The van der Waals surface area contributed by atoms with Gasteiger partial charge in [0.05, 0.1) is 0 Å². The summed E-state index contributed by atoms with van der Waals surface area (Å²) in [5.74, 6) is 0.729. The number of ketones is 1. The smallest absolute Gasteiger partial charge is 0.193 e. The van der Waals surface area contributed by atoms with Gasteiger partial charge in [-0.25, -0.2) is 0 Å². The fourth-order valence-electron chi connectivity index (χ4n) is 3.04. The first-order chi connectivity index (χ1) is 9.36. The van der Waals surface area contributed by atoms with Gasteiger partial charge in [0.15, 0.2) is 5.78 Å². The minimum Gasteiger partial charge on any atom is -0.289 e. The first-order valence-corrected chi connectivity index (χ1v) is 7.05. The van der Waals surface area contributed by atoms with Crippen LogP contribution in [-0.2, 0) is 0 Å². The first kappa shape index (κ1) is 12.2. The molecule has 0 unspecified atom stereocenters. The second-order valence-electron chi connectivity index (χ2n) is 5.26. The molecule has 2 aromatic rings. The van der Waals surface area contributed by atoms with Crippen molar-refractivity contribution in [3.05, 3.63) is 71.3 Å². The molecule has 1 fully saturated rings. The van der Waals surface area contributed by atoms with Crippen molar-refractivity contribution < 1.29 is 4.79 Å². The molecule has 1 saturated carbocycles. The molecule has 1 heteroatoms. The monoisotopic (exact) mass is 250 g/mol. The van der Waals surface area contributed by atoms with E-state index in [-0.39, 0.29) is 5.78 Å². The molecule has 0 aliphatic heterocycles. The average molecular weight is 250 g/mol. The van der Waals surface area contributed by atoms with Crippen LogP contribution in [0.15, 0.2) is 54.6 Å².